The van der Waals surface area contributed by atoms with E-state index in [2.05, 4.69) is 4.72 Å². The smallest absolute Gasteiger partial charge is 0.310 e. The van der Waals surface area contributed by atoms with E-state index in [-0.39, 0.29) is 25.8 Å². The molecular formula is C10H20N2O5S. The van der Waals surface area contributed by atoms with Crippen molar-refractivity contribution in [3.05, 3.63) is 0 Å². The highest BCUT2D eigenvalue weighted by atomic mass is 32.2. The van der Waals surface area contributed by atoms with E-state index in [1.807, 2.05) is 0 Å². The SMILES string of the molecule is CCN(C1COCC1C(=O)O)S(=O)(=O)NC(C)C. The van der Waals surface area contributed by atoms with Gasteiger partial charge in [-0.1, -0.05) is 6.92 Å². The lowest BCUT2D eigenvalue weighted by molar-refractivity contribution is -0.142. The molecule has 1 saturated heterocycles. The molecule has 0 amide bonds. The Balaban J connectivity index is 2.92. The minimum atomic E-state index is -3.68. The number of hydrogen-bond donors (Lipinski definition) is 2. The number of carboxylic acid groups (broad SMARTS) is 1. The van der Waals surface area contributed by atoms with Crippen molar-refractivity contribution in [2.45, 2.75) is 32.9 Å². The van der Waals surface area contributed by atoms with E-state index >= 15 is 0 Å². The molecule has 0 bridgehead atoms. The number of carboxylic acids is 1. The molecule has 2 N–H and O–H groups in total. The molecule has 0 aromatic carbocycles. The lowest BCUT2D eigenvalue weighted by Gasteiger charge is -2.29. The number of aliphatic carboxylic acids is 1. The molecule has 2 unspecified atom stereocenters. The number of hydrogen-bond acceptors (Lipinski definition) is 4. The van der Waals surface area contributed by atoms with Crippen LogP contribution >= 0.6 is 0 Å². The monoisotopic (exact) mass is 280 g/mol. The van der Waals surface area contributed by atoms with Crippen LogP contribution in [-0.4, -0.2) is 55.6 Å². The van der Waals surface area contributed by atoms with Crippen LogP contribution in [0.2, 0.25) is 0 Å². The standard InChI is InChI=1S/C10H20N2O5S/c1-4-12(18(15,16)11-7(2)3)9-6-17-5-8(9)10(13)14/h7-9,11H,4-6H2,1-3H3,(H,13,14). The Morgan fingerprint density at radius 2 is 2.11 bits per heavy atom. The number of nitrogens with one attached hydrogen (secondary N) is 1. The first kappa shape index (κ1) is 15.4. The zero-order valence-electron chi connectivity index (χ0n) is 10.8. The summed E-state index contributed by atoms with van der Waals surface area (Å²) in [5.74, 6) is -1.84. The summed E-state index contributed by atoms with van der Waals surface area (Å²) >= 11 is 0. The molecule has 106 valence electrons. The maximum absolute atomic E-state index is 12.1. The van der Waals surface area contributed by atoms with Crippen molar-refractivity contribution in [1.82, 2.24) is 9.03 Å². The van der Waals surface area contributed by atoms with E-state index in [4.69, 9.17) is 9.84 Å². The fraction of sp³-hybridized carbons (Fsp3) is 0.900. The molecule has 0 aromatic rings. The van der Waals surface area contributed by atoms with Crippen LogP contribution < -0.4 is 4.72 Å². The second kappa shape index (κ2) is 5.96. The van der Waals surface area contributed by atoms with Crippen LogP contribution in [0.4, 0.5) is 0 Å². The minimum absolute atomic E-state index is 0.0493. The average Bonchev–Trinajstić information content (AvgIpc) is 2.64. The molecule has 8 heteroatoms. The largest absolute Gasteiger partial charge is 0.481 e. The summed E-state index contributed by atoms with van der Waals surface area (Å²) < 4.78 is 32.9. The van der Waals surface area contributed by atoms with Crippen LogP contribution in [0.1, 0.15) is 20.8 Å². The third-order valence-electron chi connectivity index (χ3n) is 2.74. The Kier molecular flexibility index (Phi) is 5.09. The van der Waals surface area contributed by atoms with Gasteiger partial charge in [0.15, 0.2) is 0 Å². The van der Waals surface area contributed by atoms with Gasteiger partial charge in [-0.3, -0.25) is 4.79 Å². The van der Waals surface area contributed by atoms with Crippen LogP contribution in [0.25, 0.3) is 0 Å². The molecule has 1 aliphatic rings. The highest BCUT2D eigenvalue weighted by Crippen LogP contribution is 2.22. The highest BCUT2D eigenvalue weighted by Gasteiger charge is 2.42. The van der Waals surface area contributed by atoms with Gasteiger partial charge in [0.05, 0.1) is 25.2 Å². The second-order valence-corrected chi connectivity index (χ2v) is 6.19. The zero-order chi connectivity index (χ0) is 13.9. The minimum Gasteiger partial charge on any atom is -0.481 e. The Morgan fingerprint density at radius 3 is 2.56 bits per heavy atom. The lowest BCUT2D eigenvalue weighted by atomic mass is 10.0. The van der Waals surface area contributed by atoms with Crippen LogP contribution in [-0.2, 0) is 19.7 Å². The Labute approximate surface area is 107 Å². The molecule has 1 fully saturated rings. The Hall–Kier alpha value is -0.700. The van der Waals surface area contributed by atoms with Gasteiger partial charge in [0, 0.05) is 12.6 Å². The van der Waals surface area contributed by atoms with Crippen molar-refractivity contribution in [3.63, 3.8) is 0 Å². The molecule has 7 nitrogen and oxygen atoms in total. The molecule has 0 spiro atoms. The summed E-state index contributed by atoms with van der Waals surface area (Å²) in [6, 6.07) is -0.890. The fourth-order valence-corrected chi connectivity index (χ4v) is 3.65. The highest BCUT2D eigenvalue weighted by molar-refractivity contribution is 7.87. The van der Waals surface area contributed by atoms with Crippen molar-refractivity contribution in [1.29, 1.82) is 0 Å². The summed E-state index contributed by atoms with van der Waals surface area (Å²) in [7, 11) is -3.68. The van der Waals surface area contributed by atoms with E-state index in [0.717, 1.165) is 0 Å². The van der Waals surface area contributed by atoms with Gasteiger partial charge in [-0.2, -0.15) is 17.4 Å². The van der Waals surface area contributed by atoms with Gasteiger partial charge >= 0.3 is 5.97 Å². The second-order valence-electron chi connectivity index (χ2n) is 4.53. The summed E-state index contributed by atoms with van der Waals surface area (Å²) in [6.07, 6.45) is 0. The van der Waals surface area contributed by atoms with Crippen LogP contribution in [0.3, 0.4) is 0 Å². The summed E-state index contributed by atoms with van der Waals surface area (Å²) in [4.78, 5) is 11.1. The van der Waals surface area contributed by atoms with E-state index in [9.17, 15) is 13.2 Å². The first-order valence-corrected chi connectivity index (χ1v) is 7.33. The Bertz CT molecular complexity index is 395. The molecule has 0 radical (unpaired) electrons. The predicted octanol–water partition coefficient (Wildman–Crippen LogP) is -0.349. The molecule has 18 heavy (non-hydrogen) atoms. The van der Waals surface area contributed by atoms with Crippen molar-refractivity contribution in [2.75, 3.05) is 19.8 Å². The number of ether oxygens (including phenoxy) is 1. The maximum Gasteiger partial charge on any atom is 0.310 e. The molecular weight excluding hydrogens is 260 g/mol. The quantitative estimate of drug-likeness (QED) is 0.693. The summed E-state index contributed by atoms with van der Waals surface area (Å²) in [5.41, 5.74) is 0. The average molecular weight is 280 g/mol. The third-order valence-corrected chi connectivity index (χ3v) is 4.66. The van der Waals surface area contributed by atoms with E-state index in [0.29, 0.717) is 0 Å². The number of likely N-dealkylation sites (N-methyl/N-ethyl adjacent to an activating group) is 1. The van der Waals surface area contributed by atoms with Gasteiger partial charge in [0.25, 0.3) is 10.2 Å². The van der Waals surface area contributed by atoms with E-state index in [1.54, 1.807) is 20.8 Å². The first-order chi connectivity index (χ1) is 8.29. The molecule has 1 rings (SSSR count). The summed E-state index contributed by atoms with van der Waals surface area (Å²) in [6.45, 7) is 5.48. The van der Waals surface area contributed by atoms with Gasteiger partial charge < -0.3 is 9.84 Å². The predicted molar refractivity (Wildman–Crippen MR) is 65.3 cm³/mol. The molecule has 1 heterocycles. The molecule has 0 aliphatic carbocycles. The lowest BCUT2D eigenvalue weighted by Crippen LogP contribution is -2.52. The van der Waals surface area contributed by atoms with Gasteiger partial charge in [-0.15, -0.1) is 0 Å². The number of carbonyl (C=O) groups is 1. The third kappa shape index (κ3) is 3.41. The molecule has 2 atom stereocenters. The van der Waals surface area contributed by atoms with Gasteiger partial charge in [0.1, 0.15) is 0 Å². The molecule has 0 saturated carbocycles. The maximum atomic E-state index is 12.1. The van der Waals surface area contributed by atoms with E-state index < -0.39 is 28.1 Å². The van der Waals surface area contributed by atoms with E-state index in [1.165, 1.54) is 4.31 Å². The molecule has 1 aliphatic heterocycles. The van der Waals surface area contributed by atoms with Crippen LogP contribution in [0.15, 0.2) is 0 Å². The number of rotatable bonds is 6. The molecule has 0 aromatic heterocycles. The van der Waals surface area contributed by atoms with Gasteiger partial charge in [0.2, 0.25) is 0 Å². The number of nitrogens with zero attached hydrogens (tertiary/aromatic N) is 1. The van der Waals surface area contributed by atoms with Crippen molar-refractivity contribution >= 4 is 16.2 Å². The van der Waals surface area contributed by atoms with Gasteiger partial charge in [-0.25, -0.2) is 0 Å². The van der Waals surface area contributed by atoms with Crippen molar-refractivity contribution in [3.8, 4) is 0 Å². The normalized spacial score (nSPS) is 24.9. The zero-order valence-corrected chi connectivity index (χ0v) is 11.6. The van der Waals surface area contributed by atoms with Crippen LogP contribution in [0.5, 0.6) is 0 Å². The van der Waals surface area contributed by atoms with Crippen LogP contribution in [0, 0.1) is 5.92 Å². The van der Waals surface area contributed by atoms with Crippen molar-refractivity contribution < 1.29 is 23.1 Å². The topological polar surface area (TPSA) is 95.9 Å². The van der Waals surface area contributed by atoms with Crippen molar-refractivity contribution in [2.24, 2.45) is 5.92 Å². The fourth-order valence-electron chi connectivity index (χ4n) is 2.01. The Morgan fingerprint density at radius 1 is 1.50 bits per heavy atom. The van der Waals surface area contributed by atoms with Gasteiger partial charge in [-0.05, 0) is 13.8 Å². The summed E-state index contributed by atoms with van der Waals surface area (Å²) in [5, 5.41) is 9.05. The first-order valence-electron chi connectivity index (χ1n) is 5.89.